The Kier molecular flexibility index (Phi) is 23.5. The Bertz CT molecular complexity index is 3930. The molecule has 0 spiro atoms. The number of para-hydroxylation sites is 2. The van der Waals surface area contributed by atoms with Crippen LogP contribution in [0.3, 0.4) is 0 Å². The van der Waals surface area contributed by atoms with Gasteiger partial charge in [-0.2, -0.15) is 0 Å². The van der Waals surface area contributed by atoms with E-state index in [4.69, 9.17) is 14.5 Å². The number of hydrogen-bond donors (Lipinski definition) is 1. The minimum atomic E-state index is -0.125. The Balaban J connectivity index is 0.000000191. The van der Waals surface area contributed by atoms with Crippen LogP contribution in [-0.2, 0) is 51.4 Å². The number of hydrogen-bond acceptors (Lipinski definition) is 6. The number of furan rings is 1. The van der Waals surface area contributed by atoms with E-state index in [1.54, 1.807) is 0 Å². The number of carbonyl (C=O) groups excluding carboxylic acids is 1. The van der Waals surface area contributed by atoms with E-state index >= 15 is 0 Å². The van der Waals surface area contributed by atoms with E-state index in [1.807, 2.05) is 54.9 Å². The van der Waals surface area contributed by atoms with Crippen LogP contribution < -0.4 is 0 Å². The standard InChI is InChI=1S/C27H25N2O.C21H23N2.C21H22N.C5H8O2.2Ir/c1-17(2)21-16-22-20-12-8-9-13-23(20)30-26(22)24(18(3)4)25(21)29-15-14-28-27(29)19-10-6-5-7-11-19;1-15(2)18-11-8-12-19(16(3)4)20(18)23-14-13-22-21(23)17-9-6-5-7-10-17;1-14(2)10-17-6-5-7-21-19(17)8-9-20(22-21)18-12-15(3)11-16(4)13-18;1-4(6)3-5(2)7;;/h5-10,12-18H,1-4H3;5-9,11-16H,1-4H3;5-9,11-12,14H,10H2,1-4H3;3,6H,1-2H3;;/q3*-1;;;. The first-order valence-corrected chi connectivity index (χ1v) is 28.7. The molecule has 0 atom stereocenters. The normalized spacial score (nSPS) is 11.3. The van der Waals surface area contributed by atoms with E-state index in [-0.39, 0.29) is 57.7 Å². The van der Waals surface area contributed by atoms with Crippen molar-refractivity contribution in [3.05, 3.63) is 233 Å². The van der Waals surface area contributed by atoms with Gasteiger partial charge >= 0.3 is 0 Å². The first kappa shape index (κ1) is 65.8. The topological polar surface area (TPSA) is 99.0 Å². The van der Waals surface area contributed by atoms with Crippen LogP contribution in [0.2, 0.25) is 0 Å². The molecule has 0 aliphatic heterocycles. The van der Waals surface area contributed by atoms with Gasteiger partial charge in [-0.15, -0.1) is 107 Å². The maximum atomic E-state index is 10.0. The molecule has 0 aliphatic carbocycles. The Labute approximate surface area is 525 Å². The summed E-state index contributed by atoms with van der Waals surface area (Å²) in [5, 5.41) is 12.0. The molecule has 7 aromatic carbocycles. The van der Waals surface area contributed by atoms with Crippen molar-refractivity contribution in [3.8, 4) is 45.4 Å². The maximum Gasteiger partial charge on any atom is 0.155 e. The van der Waals surface area contributed by atoms with Crippen LogP contribution in [0.25, 0.3) is 78.2 Å². The number of pyridine rings is 1. The van der Waals surface area contributed by atoms with Crippen molar-refractivity contribution in [1.82, 2.24) is 24.1 Å². The van der Waals surface area contributed by atoms with Crippen LogP contribution in [0.1, 0.15) is 146 Å². The summed E-state index contributed by atoms with van der Waals surface area (Å²) < 4.78 is 10.9. The first-order chi connectivity index (χ1) is 39.3. The van der Waals surface area contributed by atoms with E-state index < -0.39 is 0 Å². The molecule has 0 saturated heterocycles. The van der Waals surface area contributed by atoms with E-state index in [1.165, 1.54) is 80.8 Å². The number of aryl methyl sites for hydroxylation is 2. The number of benzene rings is 7. The summed E-state index contributed by atoms with van der Waals surface area (Å²) in [5.74, 6) is 3.99. The predicted octanol–water partition coefficient (Wildman–Crippen LogP) is 19.6. The van der Waals surface area contributed by atoms with Gasteiger partial charge in [0.1, 0.15) is 11.2 Å². The zero-order valence-corrected chi connectivity index (χ0v) is 55.7. The number of nitrogens with zero attached hydrogens (tertiary/aromatic N) is 5. The molecule has 0 saturated carbocycles. The number of aliphatic hydroxyl groups is 1. The number of ketones is 1. The monoisotopic (exact) mass is 1470 g/mol. The first-order valence-electron chi connectivity index (χ1n) is 28.7. The van der Waals surface area contributed by atoms with Gasteiger partial charge in [-0.25, -0.2) is 0 Å². The Hall–Kier alpha value is -7.32. The van der Waals surface area contributed by atoms with E-state index in [9.17, 15) is 4.79 Å². The molecule has 4 heterocycles. The number of aromatic nitrogens is 5. The van der Waals surface area contributed by atoms with Gasteiger partial charge in [0.15, 0.2) is 5.78 Å². The van der Waals surface area contributed by atoms with Crippen LogP contribution >= 0.6 is 0 Å². The van der Waals surface area contributed by atoms with Gasteiger partial charge in [-0.1, -0.05) is 144 Å². The second-order valence-electron chi connectivity index (χ2n) is 22.8. The molecule has 0 amide bonds. The zero-order valence-electron chi connectivity index (χ0n) is 50.9. The summed E-state index contributed by atoms with van der Waals surface area (Å²) in [4.78, 5) is 24.2. The quantitative estimate of drug-likeness (QED) is 0.0743. The molecule has 11 aromatic rings. The van der Waals surface area contributed by atoms with Crippen LogP contribution in [0.15, 0.2) is 181 Å². The molecule has 2 radical (unpaired) electrons. The number of allylic oxidation sites excluding steroid dienone is 2. The SMILES string of the molecule is CC(=O)C=C(C)O.CC(C)c1cc2c(oc3ccccc32)c(C(C)C)c1-n1ccnc1-c1[c-]cccc1.CC(C)c1cccc(C(C)C)c1-n1ccnc1-c1[c-]cccc1.Cc1[c-]c(-c2ccc3c(CC(C)C)cccc3n2)cc(C)c1.[Ir].[Ir]. The largest absolute Gasteiger partial charge is 0.512 e. The molecule has 10 heteroatoms. The van der Waals surface area contributed by atoms with Gasteiger partial charge in [-0.3, -0.25) is 19.7 Å². The second kappa shape index (κ2) is 30.0. The van der Waals surface area contributed by atoms with Crippen molar-refractivity contribution < 1.29 is 54.5 Å². The third-order valence-corrected chi connectivity index (χ3v) is 14.2. The third kappa shape index (κ3) is 15.7. The fourth-order valence-corrected chi connectivity index (χ4v) is 10.7. The molecule has 0 fully saturated rings. The molecular formula is C74H78Ir2N5O3-3. The van der Waals surface area contributed by atoms with Gasteiger partial charge in [0.2, 0.25) is 0 Å². The van der Waals surface area contributed by atoms with Crippen molar-refractivity contribution in [3.63, 3.8) is 0 Å². The van der Waals surface area contributed by atoms with Gasteiger partial charge in [0.05, 0.1) is 22.9 Å². The predicted molar refractivity (Wildman–Crippen MR) is 340 cm³/mol. The fourth-order valence-electron chi connectivity index (χ4n) is 10.7. The van der Waals surface area contributed by atoms with E-state index in [0.29, 0.717) is 23.7 Å². The van der Waals surface area contributed by atoms with Crippen molar-refractivity contribution in [2.24, 2.45) is 5.92 Å². The molecule has 0 unspecified atom stereocenters. The van der Waals surface area contributed by atoms with Crippen LogP contribution in [0.4, 0.5) is 0 Å². The van der Waals surface area contributed by atoms with Gasteiger partial charge in [0.25, 0.3) is 0 Å². The zero-order chi connectivity index (χ0) is 58.8. The van der Waals surface area contributed by atoms with Crippen molar-refractivity contribution >= 4 is 38.6 Å². The van der Waals surface area contributed by atoms with Crippen molar-refractivity contribution in [1.29, 1.82) is 0 Å². The minimum absolute atomic E-state index is 0. The summed E-state index contributed by atoms with van der Waals surface area (Å²) in [6, 6.07) is 58.4. The number of rotatable bonds is 12. The Morgan fingerprint density at radius 3 is 1.68 bits per heavy atom. The van der Waals surface area contributed by atoms with Crippen molar-refractivity contribution in [2.45, 2.75) is 127 Å². The molecule has 0 aliphatic rings. The molecule has 11 rings (SSSR count). The van der Waals surface area contributed by atoms with Gasteiger partial charge in [-0.05, 0) is 96.0 Å². The number of aliphatic hydroxyl groups excluding tert-OH is 1. The third-order valence-electron chi connectivity index (χ3n) is 14.2. The summed E-state index contributed by atoms with van der Waals surface area (Å²) in [7, 11) is 0. The number of imidazole rings is 2. The Morgan fingerprint density at radius 2 is 1.17 bits per heavy atom. The minimum Gasteiger partial charge on any atom is -0.512 e. The molecule has 0 bridgehead atoms. The van der Waals surface area contributed by atoms with Crippen LogP contribution in [-0.4, -0.2) is 35.0 Å². The average molecular weight is 1470 g/mol. The molecule has 4 aromatic heterocycles. The van der Waals surface area contributed by atoms with E-state index in [2.05, 4.69) is 230 Å². The fraction of sp³-hybridized carbons (Fsp3) is 0.270. The number of fused-ring (bicyclic) bond motifs is 4. The van der Waals surface area contributed by atoms with E-state index in [0.717, 1.165) is 62.7 Å². The summed E-state index contributed by atoms with van der Waals surface area (Å²) >= 11 is 0. The molecular weight excluding hydrogens is 1390 g/mol. The summed E-state index contributed by atoms with van der Waals surface area (Å²) in [6.07, 6.45) is 10.1. The van der Waals surface area contributed by atoms with Crippen LogP contribution in [0.5, 0.6) is 0 Å². The van der Waals surface area contributed by atoms with Crippen LogP contribution in [0, 0.1) is 38.0 Å². The summed E-state index contributed by atoms with van der Waals surface area (Å²) in [6.45, 7) is 29.5. The van der Waals surface area contributed by atoms with Gasteiger partial charge < -0.3 is 18.7 Å². The average Bonchev–Trinajstić information content (AvgIpc) is 1.78. The molecule has 1 N–H and O–H groups in total. The second-order valence-corrected chi connectivity index (χ2v) is 22.8. The number of carbonyl (C=O) groups is 1. The van der Waals surface area contributed by atoms with Gasteiger partial charge in [0, 0.05) is 104 Å². The smallest absolute Gasteiger partial charge is 0.155 e. The Morgan fingerprint density at radius 1 is 0.595 bits per heavy atom. The maximum absolute atomic E-state index is 10.0. The van der Waals surface area contributed by atoms with Crippen molar-refractivity contribution in [2.75, 3.05) is 0 Å². The molecule has 84 heavy (non-hydrogen) atoms. The molecule has 8 nitrogen and oxygen atoms in total. The summed E-state index contributed by atoms with van der Waals surface area (Å²) in [5.41, 5.74) is 18.5. The molecule has 438 valence electrons.